The molecule has 0 aliphatic carbocycles. The molecule has 1 heterocycles. The Morgan fingerprint density at radius 1 is 1.33 bits per heavy atom. The highest BCUT2D eigenvalue weighted by atomic mass is 79.9. The number of fused-ring (bicyclic) bond motifs is 1. The predicted octanol–water partition coefficient (Wildman–Crippen LogP) is 4.08. The average molecular weight is 363 g/mol. The number of halogens is 2. The SMILES string of the molecule is N#Cc1cc(NC2C(=O)Nc3cccc(Br)c32)ccc1Cl. The molecular weight excluding hydrogens is 354 g/mol. The highest BCUT2D eigenvalue weighted by Gasteiger charge is 2.32. The van der Waals surface area contributed by atoms with Gasteiger partial charge in [-0.1, -0.05) is 33.6 Å². The number of nitriles is 1. The third kappa shape index (κ3) is 2.48. The molecule has 0 aromatic heterocycles. The van der Waals surface area contributed by atoms with Gasteiger partial charge in [0.05, 0.1) is 10.6 Å². The van der Waals surface area contributed by atoms with Crippen molar-refractivity contribution in [3.05, 3.63) is 57.0 Å². The van der Waals surface area contributed by atoms with Crippen molar-refractivity contribution < 1.29 is 4.79 Å². The molecule has 1 aliphatic rings. The highest BCUT2D eigenvalue weighted by molar-refractivity contribution is 9.10. The first-order chi connectivity index (χ1) is 10.1. The molecule has 6 heteroatoms. The zero-order valence-corrected chi connectivity index (χ0v) is 13.0. The lowest BCUT2D eigenvalue weighted by Crippen LogP contribution is -2.19. The van der Waals surface area contributed by atoms with E-state index in [0.29, 0.717) is 16.3 Å². The smallest absolute Gasteiger partial charge is 0.251 e. The molecule has 1 unspecified atom stereocenters. The van der Waals surface area contributed by atoms with Gasteiger partial charge in [0.25, 0.3) is 5.91 Å². The van der Waals surface area contributed by atoms with Gasteiger partial charge in [0, 0.05) is 21.4 Å². The van der Waals surface area contributed by atoms with Crippen molar-refractivity contribution >= 4 is 44.8 Å². The lowest BCUT2D eigenvalue weighted by atomic mass is 10.1. The molecule has 1 aliphatic heterocycles. The van der Waals surface area contributed by atoms with E-state index in [1.165, 1.54) is 0 Å². The van der Waals surface area contributed by atoms with Crippen LogP contribution in [0, 0.1) is 11.3 Å². The fourth-order valence-corrected chi connectivity index (χ4v) is 3.04. The molecule has 2 aromatic rings. The van der Waals surface area contributed by atoms with Crippen molar-refractivity contribution in [1.29, 1.82) is 5.26 Å². The number of anilines is 2. The summed E-state index contributed by atoms with van der Waals surface area (Å²) in [5.74, 6) is -0.134. The van der Waals surface area contributed by atoms with Crippen molar-refractivity contribution in [2.24, 2.45) is 0 Å². The van der Waals surface area contributed by atoms with Gasteiger partial charge in [0.15, 0.2) is 0 Å². The second-order valence-electron chi connectivity index (χ2n) is 4.57. The molecule has 4 nitrogen and oxygen atoms in total. The van der Waals surface area contributed by atoms with E-state index in [1.54, 1.807) is 18.2 Å². The highest BCUT2D eigenvalue weighted by Crippen LogP contribution is 2.38. The van der Waals surface area contributed by atoms with E-state index in [2.05, 4.69) is 26.6 Å². The maximum atomic E-state index is 12.1. The maximum absolute atomic E-state index is 12.1. The molecule has 0 fully saturated rings. The zero-order chi connectivity index (χ0) is 15.0. The van der Waals surface area contributed by atoms with Crippen LogP contribution in [0.3, 0.4) is 0 Å². The predicted molar refractivity (Wildman–Crippen MR) is 85.3 cm³/mol. The Morgan fingerprint density at radius 2 is 2.14 bits per heavy atom. The van der Waals surface area contributed by atoms with Crippen LogP contribution in [0.15, 0.2) is 40.9 Å². The Balaban J connectivity index is 1.97. The topological polar surface area (TPSA) is 64.9 Å². The van der Waals surface area contributed by atoms with E-state index >= 15 is 0 Å². The Labute approximate surface area is 134 Å². The Kier molecular flexibility index (Phi) is 3.58. The molecule has 2 N–H and O–H groups in total. The number of hydrogen-bond acceptors (Lipinski definition) is 3. The Hall–Kier alpha value is -2.03. The summed E-state index contributed by atoms with van der Waals surface area (Å²) in [5, 5.41) is 15.4. The maximum Gasteiger partial charge on any atom is 0.251 e. The number of carbonyl (C=O) groups is 1. The minimum Gasteiger partial charge on any atom is -0.370 e. The van der Waals surface area contributed by atoms with Crippen LogP contribution in [0.25, 0.3) is 0 Å². The Morgan fingerprint density at radius 3 is 2.90 bits per heavy atom. The van der Waals surface area contributed by atoms with E-state index in [-0.39, 0.29) is 5.91 Å². The minimum absolute atomic E-state index is 0.134. The van der Waals surface area contributed by atoms with Gasteiger partial charge >= 0.3 is 0 Å². The zero-order valence-electron chi connectivity index (χ0n) is 10.7. The summed E-state index contributed by atoms with van der Waals surface area (Å²) in [6, 6.07) is 12.1. The van der Waals surface area contributed by atoms with Crippen LogP contribution in [-0.2, 0) is 4.79 Å². The lowest BCUT2D eigenvalue weighted by Gasteiger charge is -2.14. The van der Waals surface area contributed by atoms with Gasteiger partial charge in [-0.2, -0.15) is 5.26 Å². The molecule has 0 spiro atoms. The fourth-order valence-electron chi connectivity index (χ4n) is 2.28. The summed E-state index contributed by atoms with van der Waals surface area (Å²) >= 11 is 9.37. The van der Waals surface area contributed by atoms with Crippen molar-refractivity contribution in [3.63, 3.8) is 0 Å². The average Bonchev–Trinajstić information content (AvgIpc) is 2.78. The van der Waals surface area contributed by atoms with Gasteiger partial charge in [-0.25, -0.2) is 0 Å². The molecule has 0 radical (unpaired) electrons. The molecule has 1 atom stereocenters. The van der Waals surface area contributed by atoms with Gasteiger partial charge in [-0.15, -0.1) is 0 Å². The van der Waals surface area contributed by atoms with E-state index < -0.39 is 6.04 Å². The van der Waals surface area contributed by atoms with E-state index in [4.69, 9.17) is 16.9 Å². The number of amides is 1. The molecule has 0 bridgehead atoms. The number of benzene rings is 2. The number of hydrogen-bond donors (Lipinski definition) is 2. The van der Waals surface area contributed by atoms with Crippen LogP contribution < -0.4 is 10.6 Å². The summed E-state index contributed by atoms with van der Waals surface area (Å²) in [4.78, 5) is 12.1. The standard InChI is InChI=1S/C15H9BrClN3O/c16-10-2-1-3-12-13(10)14(15(21)20-12)19-9-4-5-11(17)8(6-9)7-18/h1-6,14,19H,(H,20,21). The number of nitrogens with zero attached hydrogens (tertiary/aromatic N) is 1. The molecule has 104 valence electrons. The number of carbonyl (C=O) groups excluding carboxylic acids is 1. The van der Waals surface area contributed by atoms with Gasteiger partial charge in [-0.3, -0.25) is 4.79 Å². The normalized spacial score (nSPS) is 16.0. The third-order valence-corrected chi connectivity index (χ3v) is 4.28. The number of nitrogens with one attached hydrogen (secondary N) is 2. The van der Waals surface area contributed by atoms with E-state index in [9.17, 15) is 4.79 Å². The van der Waals surface area contributed by atoms with Crippen molar-refractivity contribution in [1.82, 2.24) is 0 Å². The van der Waals surface area contributed by atoms with Gasteiger partial charge in [0.2, 0.25) is 0 Å². The fraction of sp³-hybridized carbons (Fsp3) is 0.0667. The first kappa shape index (κ1) is 13.9. The molecule has 21 heavy (non-hydrogen) atoms. The molecule has 0 saturated carbocycles. The van der Waals surface area contributed by atoms with Crippen LogP contribution in [0.4, 0.5) is 11.4 Å². The first-order valence-corrected chi connectivity index (χ1v) is 7.32. The molecule has 2 aromatic carbocycles. The largest absolute Gasteiger partial charge is 0.370 e. The van der Waals surface area contributed by atoms with E-state index in [1.807, 2.05) is 24.3 Å². The first-order valence-electron chi connectivity index (χ1n) is 6.15. The van der Waals surface area contributed by atoms with Gasteiger partial charge in [0.1, 0.15) is 12.1 Å². The molecule has 1 amide bonds. The van der Waals surface area contributed by atoms with Crippen molar-refractivity contribution in [2.75, 3.05) is 10.6 Å². The van der Waals surface area contributed by atoms with Crippen LogP contribution in [-0.4, -0.2) is 5.91 Å². The van der Waals surface area contributed by atoms with Crippen molar-refractivity contribution in [2.45, 2.75) is 6.04 Å². The van der Waals surface area contributed by atoms with Crippen LogP contribution in [0.2, 0.25) is 5.02 Å². The molecular formula is C15H9BrClN3O. The van der Waals surface area contributed by atoms with E-state index in [0.717, 1.165) is 15.7 Å². The second kappa shape index (κ2) is 5.40. The minimum atomic E-state index is -0.511. The van der Waals surface area contributed by atoms with Crippen LogP contribution in [0.5, 0.6) is 0 Å². The van der Waals surface area contributed by atoms with Crippen molar-refractivity contribution in [3.8, 4) is 6.07 Å². The summed E-state index contributed by atoms with van der Waals surface area (Å²) in [7, 11) is 0. The third-order valence-electron chi connectivity index (χ3n) is 3.26. The summed E-state index contributed by atoms with van der Waals surface area (Å²) < 4.78 is 0.852. The number of rotatable bonds is 2. The van der Waals surface area contributed by atoms with Gasteiger partial charge < -0.3 is 10.6 Å². The molecule has 0 saturated heterocycles. The molecule has 3 rings (SSSR count). The second-order valence-corrected chi connectivity index (χ2v) is 5.84. The van der Waals surface area contributed by atoms with Crippen LogP contribution >= 0.6 is 27.5 Å². The Bertz CT molecular complexity index is 785. The quantitative estimate of drug-likeness (QED) is 0.846. The summed E-state index contributed by atoms with van der Waals surface area (Å²) in [5.41, 5.74) is 2.67. The van der Waals surface area contributed by atoms with Crippen LogP contribution in [0.1, 0.15) is 17.2 Å². The lowest BCUT2D eigenvalue weighted by molar-refractivity contribution is -0.116. The monoisotopic (exact) mass is 361 g/mol. The summed E-state index contributed by atoms with van der Waals surface area (Å²) in [6.45, 7) is 0. The van der Waals surface area contributed by atoms with Gasteiger partial charge in [-0.05, 0) is 30.3 Å². The summed E-state index contributed by atoms with van der Waals surface area (Å²) in [6.07, 6.45) is 0.